The van der Waals surface area contributed by atoms with E-state index in [-0.39, 0.29) is 11.6 Å². The molecule has 33 heavy (non-hydrogen) atoms. The number of hydrogen-bond donors (Lipinski definition) is 3. The van der Waals surface area contributed by atoms with Gasteiger partial charge in [0.2, 0.25) is 5.95 Å². The molecule has 2 aromatic heterocycles. The Morgan fingerprint density at radius 1 is 1.15 bits per heavy atom. The van der Waals surface area contributed by atoms with Gasteiger partial charge in [-0.2, -0.15) is 14.9 Å². The van der Waals surface area contributed by atoms with Gasteiger partial charge in [0, 0.05) is 37.4 Å². The van der Waals surface area contributed by atoms with Crippen LogP contribution in [0.1, 0.15) is 13.3 Å². The topological polar surface area (TPSA) is 120 Å². The lowest BCUT2D eigenvalue weighted by Crippen LogP contribution is -2.28. The van der Waals surface area contributed by atoms with Crippen molar-refractivity contribution in [3.63, 3.8) is 0 Å². The van der Waals surface area contributed by atoms with Gasteiger partial charge in [-0.3, -0.25) is 15.1 Å². The molecule has 4 aromatic rings. The summed E-state index contributed by atoms with van der Waals surface area (Å²) in [6.45, 7) is 3.07. The predicted molar refractivity (Wildman–Crippen MR) is 128 cm³/mol. The average Bonchev–Trinajstić information content (AvgIpc) is 3.49. The Morgan fingerprint density at radius 3 is 2.73 bits per heavy atom. The van der Waals surface area contributed by atoms with Crippen LogP contribution in [-0.4, -0.2) is 45.1 Å². The smallest absolute Gasteiger partial charge is 0.321 e. The lowest BCUT2D eigenvalue weighted by molar-refractivity contribution is 0.252. The molecule has 0 spiro atoms. The molecule has 3 N–H and O–H groups in total. The van der Waals surface area contributed by atoms with Gasteiger partial charge < -0.3 is 10.3 Å². The molecular formula is C23H22N8O2. The fourth-order valence-corrected chi connectivity index (χ4v) is 3.74. The third kappa shape index (κ3) is 4.05. The zero-order chi connectivity index (χ0) is 22.8. The van der Waals surface area contributed by atoms with E-state index in [0.717, 1.165) is 29.7 Å². The van der Waals surface area contributed by atoms with Crippen molar-refractivity contribution in [2.24, 2.45) is 5.10 Å². The third-order valence-electron chi connectivity index (χ3n) is 5.24. The van der Waals surface area contributed by atoms with Gasteiger partial charge in [-0.1, -0.05) is 18.2 Å². The minimum atomic E-state index is -0.341. The molecule has 0 saturated carbocycles. The molecule has 10 nitrogen and oxygen atoms in total. The maximum absolute atomic E-state index is 12.8. The van der Waals surface area contributed by atoms with E-state index >= 15 is 0 Å². The molecule has 0 unspecified atom stereocenters. The summed E-state index contributed by atoms with van der Waals surface area (Å²) in [4.78, 5) is 32.4. The first-order valence-corrected chi connectivity index (χ1v) is 10.7. The summed E-state index contributed by atoms with van der Waals surface area (Å²) >= 11 is 0. The maximum atomic E-state index is 12.8. The van der Waals surface area contributed by atoms with Crippen LogP contribution in [0.25, 0.3) is 27.8 Å². The number of nitrogens with one attached hydrogen (secondary N) is 3. The normalized spacial score (nSPS) is 12.9. The van der Waals surface area contributed by atoms with Gasteiger partial charge in [-0.05, 0) is 36.8 Å². The fraction of sp³-hybridized carbons (Fsp3) is 0.174. The lowest BCUT2D eigenvalue weighted by atomic mass is 10.1. The van der Waals surface area contributed by atoms with E-state index in [1.807, 2.05) is 60.6 Å². The highest BCUT2D eigenvalue weighted by Crippen LogP contribution is 2.33. The highest BCUT2D eigenvalue weighted by molar-refractivity contribution is 5.97. The van der Waals surface area contributed by atoms with Crippen LogP contribution in [0.4, 0.5) is 16.4 Å². The van der Waals surface area contributed by atoms with E-state index in [9.17, 15) is 9.59 Å². The molecule has 0 saturated heterocycles. The van der Waals surface area contributed by atoms with E-state index in [1.54, 1.807) is 12.3 Å². The van der Waals surface area contributed by atoms with Crippen molar-refractivity contribution in [1.29, 1.82) is 0 Å². The molecule has 1 aliphatic heterocycles. The summed E-state index contributed by atoms with van der Waals surface area (Å²) in [6.07, 6.45) is 4.34. The van der Waals surface area contributed by atoms with Crippen molar-refractivity contribution >= 4 is 34.9 Å². The van der Waals surface area contributed by atoms with Crippen molar-refractivity contribution in [2.75, 3.05) is 23.4 Å². The molecule has 0 aliphatic carbocycles. The number of H-pyrrole nitrogens is 1. The molecule has 166 valence electrons. The van der Waals surface area contributed by atoms with Crippen LogP contribution in [0.5, 0.6) is 0 Å². The number of amides is 2. The van der Waals surface area contributed by atoms with Gasteiger partial charge >= 0.3 is 6.03 Å². The van der Waals surface area contributed by atoms with Crippen molar-refractivity contribution in [3.8, 4) is 16.8 Å². The Bertz CT molecular complexity index is 1410. The Balaban J connectivity index is 1.58. The minimum absolute atomic E-state index is 0.236. The largest absolute Gasteiger partial charge is 0.338 e. The fourth-order valence-electron chi connectivity index (χ4n) is 3.74. The number of hydrogen-bond acceptors (Lipinski definition) is 6. The minimum Gasteiger partial charge on any atom is -0.338 e. The molecule has 2 aromatic carbocycles. The highest BCUT2D eigenvalue weighted by atomic mass is 16.2. The Morgan fingerprint density at radius 2 is 2.00 bits per heavy atom. The summed E-state index contributed by atoms with van der Waals surface area (Å²) in [6, 6.07) is 14.3. The zero-order valence-electron chi connectivity index (χ0n) is 17.9. The number of imidazole rings is 1. The monoisotopic (exact) mass is 442 g/mol. The van der Waals surface area contributed by atoms with E-state index in [4.69, 9.17) is 0 Å². The van der Waals surface area contributed by atoms with Crippen LogP contribution < -0.4 is 21.2 Å². The van der Waals surface area contributed by atoms with Crippen molar-refractivity contribution in [2.45, 2.75) is 13.3 Å². The van der Waals surface area contributed by atoms with E-state index in [0.29, 0.717) is 29.3 Å². The second-order valence-corrected chi connectivity index (χ2v) is 7.50. The number of benzene rings is 2. The molecule has 0 radical (unpaired) electrons. The Kier molecular flexibility index (Phi) is 5.31. The van der Waals surface area contributed by atoms with Crippen LogP contribution in [0.2, 0.25) is 0 Å². The molecule has 5 rings (SSSR count). The molecule has 0 atom stereocenters. The number of carbonyl (C=O) groups is 1. The summed E-state index contributed by atoms with van der Waals surface area (Å²) in [5.74, 6) is 0.329. The quantitative estimate of drug-likeness (QED) is 0.439. The number of aromatic nitrogens is 4. The van der Waals surface area contributed by atoms with Gasteiger partial charge in [0.1, 0.15) is 0 Å². The van der Waals surface area contributed by atoms with E-state index in [2.05, 4.69) is 30.8 Å². The van der Waals surface area contributed by atoms with Crippen LogP contribution in [0, 0.1) is 0 Å². The number of fused-ring (bicyclic) bond motifs is 1. The molecule has 10 heteroatoms. The summed E-state index contributed by atoms with van der Waals surface area (Å²) in [5, 5.41) is 16.1. The molecule has 3 heterocycles. The highest BCUT2D eigenvalue weighted by Gasteiger charge is 2.18. The van der Waals surface area contributed by atoms with Crippen molar-refractivity contribution in [3.05, 3.63) is 65.1 Å². The zero-order valence-corrected chi connectivity index (χ0v) is 17.9. The number of hydrazone groups is 1. The molecule has 1 aliphatic rings. The van der Waals surface area contributed by atoms with Crippen molar-refractivity contribution in [1.82, 2.24) is 25.1 Å². The lowest BCUT2D eigenvalue weighted by Gasteiger charge is -2.16. The summed E-state index contributed by atoms with van der Waals surface area (Å²) < 4.78 is 1.36. The predicted octanol–water partition coefficient (Wildman–Crippen LogP) is 3.11. The standard InChI is InChI=1S/C23H22N8O2/c1-2-24-23(33)29-22-27-18-11-15(12-19(21(18)28-22)30-10-6-9-25-30)16-13-20(32)31(26-14-16)17-7-4-3-5-8-17/h3-5,7-9,11-14H,2,6,10H2,1H3,(H3,24,27,28,29,33). The second-order valence-electron chi connectivity index (χ2n) is 7.50. The van der Waals surface area contributed by atoms with E-state index < -0.39 is 0 Å². The van der Waals surface area contributed by atoms with Gasteiger partial charge in [0.25, 0.3) is 5.56 Å². The Labute approximate surface area is 189 Å². The van der Waals surface area contributed by atoms with Gasteiger partial charge in [0.05, 0.1) is 28.6 Å². The van der Waals surface area contributed by atoms with Gasteiger partial charge in [-0.15, -0.1) is 0 Å². The third-order valence-corrected chi connectivity index (χ3v) is 5.24. The van der Waals surface area contributed by atoms with E-state index in [1.165, 1.54) is 4.68 Å². The summed E-state index contributed by atoms with van der Waals surface area (Å²) in [5.41, 5.74) is 4.10. The van der Waals surface area contributed by atoms with Crippen LogP contribution >= 0.6 is 0 Å². The number of carbonyl (C=O) groups excluding carboxylic acids is 1. The molecule has 0 fully saturated rings. The number of aromatic amines is 1. The first-order valence-electron chi connectivity index (χ1n) is 10.7. The van der Waals surface area contributed by atoms with Gasteiger partial charge in [-0.25, -0.2) is 9.78 Å². The first-order chi connectivity index (χ1) is 16.1. The second kappa shape index (κ2) is 8.58. The Hall–Kier alpha value is -4.47. The molecule has 0 bridgehead atoms. The number of rotatable bonds is 5. The number of anilines is 2. The van der Waals surface area contributed by atoms with Crippen molar-refractivity contribution < 1.29 is 4.79 Å². The summed E-state index contributed by atoms with van der Waals surface area (Å²) in [7, 11) is 0. The van der Waals surface area contributed by atoms with Crippen LogP contribution in [-0.2, 0) is 0 Å². The average molecular weight is 442 g/mol. The van der Waals surface area contributed by atoms with Crippen LogP contribution in [0.15, 0.2) is 64.6 Å². The van der Waals surface area contributed by atoms with Gasteiger partial charge in [0.15, 0.2) is 0 Å². The molecular weight excluding hydrogens is 420 g/mol. The first kappa shape index (κ1) is 20.4. The SMILES string of the molecule is CCNC(=O)Nc1nc2cc(-c3cnn(-c4ccccc4)c(=O)c3)cc(N3CCC=N3)c2[nH]1. The maximum Gasteiger partial charge on any atom is 0.321 e. The number of urea groups is 1. The van der Waals surface area contributed by atoms with Crippen LogP contribution in [0.3, 0.4) is 0 Å². The molecule has 2 amide bonds. The number of nitrogens with zero attached hydrogens (tertiary/aromatic N) is 5. The number of para-hydroxylation sites is 1.